The van der Waals surface area contributed by atoms with E-state index in [1.165, 1.54) is 4.90 Å². The quantitative estimate of drug-likeness (QED) is 0.698. The zero-order chi connectivity index (χ0) is 19.4. The maximum absolute atomic E-state index is 12.8. The second-order valence-electron chi connectivity index (χ2n) is 7.35. The van der Waals surface area contributed by atoms with Crippen molar-refractivity contribution in [1.29, 1.82) is 0 Å². The van der Waals surface area contributed by atoms with Crippen molar-refractivity contribution < 1.29 is 22.8 Å². The van der Waals surface area contributed by atoms with Crippen molar-refractivity contribution in [2.24, 2.45) is 0 Å². The Balaban J connectivity index is 1.53. The molecule has 1 aromatic carbocycles. The summed E-state index contributed by atoms with van der Waals surface area (Å²) in [5, 5.41) is 0. The molecule has 0 bridgehead atoms. The van der Waals surface area contributed by atoms with Crippen molar-refractivity contribution in [2.75, 3.05) is 62.8 Å². The van der Waals surface area contributed by atoms with Gasteiger partial charge in [-0.25, -0.2) is 8.42 Å². The second-order valence-corrected chi connectivity index (χ2v) is 9.58. The van der Waals surface area contributed by atoms with Gasteiger partial charge in [0.2, 0.25) is 0 Å². The third-order valence-electron chi connectivity index (χ3n) is 5.60. The Morgan fingerprint density at radius 3 is 2.67 bits per heavy atom. The number of nitrogens with zero attached hydrogens (tertiary/aromatic N) is 2. The van der Waals surface area contributed by atoms with Crippen LogP contribution >= 0.6 is 0 Å². The summed E-state index contributed by atoms with van der Waals surface area (Å²) in [6.07, 6.45) is 0.570. The lowest BCUT2D eigenvalue weighted by Gasteiger charge is -2.35. The molecule has 1 atom stereocenters. The van der Waals surface area contributed by atoms with E-state index >= 15 is 0 Å². The van der Waals surface area contributed by atoms with Crippen molar-refractivity contribution in [1.82, 2.24) is 4.90 Å². The Morgan fingerprint density at radius 1 is 1.33 bits per heavy atom. The minimum absolute atomic E-state index is 0.0735. The number of sulfone groups is 1. The summed E-state index contributed by atoms with van der Waals surface area (Å²) >= 11 is 0. The van der Waals surface area contributed by atoms with E-state index in [0.29, 0.717) is 19.5 Å². The molecule has 2 aliphatic heterocycles. The number of hydrogen-bond donors (Lipinski definition) is 1. The largest absolute Gasteiger partial charge is 0.497 e. The lowest BCUT2D eigenvalue weighted by molar-refractivity contribution is -0.892. The lowest BCUT2D eigenvalue weighted by atomic mass is 10.2. The Labute approximate surface area is 161 Å². The van der Waals surface area contributed by atoms with E-state index in [1.807, 2.05) is 25.1 Å². The number of quaternary nitrogens is 1. The molecule has 2 saturated heterocycles. The Bertz CT molecular complexity index is 760. The minimum atomic E-state index is -2.98. The van der Waals surface area contributed by atoms with Crippen LogP contribution in [-0.4, -0.2) is 83.2 Å². The molecule has 2 aliphatic rings. The highest BCUT2D eigenvalue weighted by Gasteiger charge is 2.35. The average Bonchev–Trinajstić information content (AvgIpc) is 3.02. The van der Waals surface area contributed by atoms with Gasteiger partial charge in [-0.05, 0) is 25.5 Å². The predicted octanol–water partition coefficient (Wildman–Crippen LogP) is -0.564. The molecule has 1 aromatic rings. The van der Waals surface area contributed by atoms with Crippen molar-refractivity contribution in [3.63, 3.8) is 0 Å². The topological polar surface area (TPSA) is 71.4 Å². The third-order valence-corrected chi connectivity index (χ3v) is 7.35. The van der Waals surface area contributed by atoms with E-state index < -0.39 is 9.84 Å². The van der Waals surface area contributed by atoms with Gasteiger partial charge in [-0.1, -0.05) is 6.07 Å². The molecule has 0 aromatic heterocycles. The number of nitrogens with one attached hydrogen (secondary N) is 1. The summed E-state index contributed by atoms with van der Waals surface area (Å²) < 4.78 is 28.8. The van der Waals surface area contributed by atoms with Crippen LogP contribution in [0.25, 0.3) is 0 Å². The van der Waals surface area contributed by atoms with Crippen molar-refractivity contribution >= 4 is 21.4 Å². The number of likely N-dealkylation sites (N-methyl/N-ethyl adjacent to an activating group) is 1. The van der Waals surface area contributed by atoms with Crippen LogP contribution in [0.4, 0.5) is 5.69 Å². The van der Waals surface area contributed by atoms with Gasteiger partial charge in [-0.15, -0.1) is 0 Å². The zero-order valence-electron chi connectivity index (χ0n) is 16.2. The molecule has 0 radical (unpaired) electrons. The van der Waals surface area contributed by atoms with E-state index in [-0.39, 0.29) is 23.5 Å². The number of amides is 1. The molecule has 0 aliphatic carbocycles. The second kappa shape index (κ2) is 8.48. The number of carbonyl (C=O) groups is 1. The molecule has 0 unspecified atom stereocenters. The number of carbonyl (C=O) groups excluding carboxylic acids is 1. The molecule has 2 heterocycles. The lowest BCUT2D eigenvalue weighted by Crippen LogP contribution is -3.16. The van der Waals surface area contributed by atoms with Crippen LogP contribution in [0, 0.1) is 0 Å². The third kappa shape index (κ3) is 4.93. The van der Waals surface area contributed by atoms with Gasteiger partial charge in [0.1, 0.15) is 5.75 Å². The van der Waals surface area contributed by atoms with Crippen LogP contribution in [0.1, 0.15) is 13.3 Å². The van der Waals surface area contributed by atoms with Crippen molar-refractivity contribution in [2.45, 2.75) is 19.4 Å². The molecule has 3 rings (SSSR count). The van der Waals surface area contributed by atoms with E-state index in [1.54, 1.807) is 12.0 Å². The predicted molar refractivity (Wildman–Crippen MR) is 105 cm³/mol. The van der Waals surface area contributed by atoms with Crippen LogP contribution < -0.4 is 14.5 Å². The molecule has 0 saturated carbocycles. The van der Waals surface area contributed by atoms with Gasteiger partial charge in [-0.2, -0.15) is 0 Å². The SMILES string of the molecule is CCN(C(=O)C[NH+]1CCN(c2cccc(OC)c2)CC1)[C@@H]1CCS(=O)(=O)C1. The van der Waals surface area contributed by atoms with Gasteiger partial charge in [0, 0.05) is 24.3 Å². The smallest absolute Gasteiger partial charge is 0.278 e. The summed E-state index contributed by atoms with van der Waals surface area (Å²) in [5.74, 6) is 1.24. The minimum Gasteiger partial charge on any atom is -0.497 e. The standard InChI is InChI=1S/C19H29N3O4S/c1-3-22(17-7-12-27(24,25)15-17)19(23)14-20-8-10-21(11-9-20)16-5-4-6-18(13-16)26-2/h4-6,13,17H,3,7-12,14-15H2,1-2H3/p+1/t17-/m1/s1. The molecule has 2 fully saturated rings. The van der Waals surface area contributed by atoms with Crippen LogP contribution in [0.2, 0.25) is 0 Å². The van der Waals surface area contributed by atoms with Gasteiger partial charge in [0.25, 0.3) is 5.91 Å². The fourth-order valence-electron chi connectivity index (χ4n) is 4.04. The molecule has 1 N–H and O–H groups in total. The molecule has 1 amide bonds. The highest BCUT2D eigenvalue weighted by molar-refractivity contribution is 7.91. The molecule has 7 nitrogen and oxygen atoms in total. The van der Waals surface area contributed by atoms with E-state index in [9.17, 15) is 13.2 Å². The Hall–Kier alpha value is -1.80. The van der Waals surface area contributed by atoms with Crippen molar-refractivity contribution in [3.05, 3.63) is 24.3 Å². The number of piperazine rings is 1. The maximum atomic E-state index is 12.8. The van der Waals surface area contributed by atoms with E-state index in [4.69, 9.17) is 4.74 Å². The van der Waals surface area contributed by atoms with Gasteiger partial charge in [0.05, 0.1) is 44.8 Å². The summed E-state index contributed by atoms with van der Waals surface area (Å²) in [7, 11) is -1.31. The molecule has 8 heteroatoms. The first-order valence-corrected chi connectivity index (χ1v) is 11.5. The van der Waals surface area contributed by atoms with Gasteiger partial charge >= 0.3 is 0 Å². The van der Waals surface area contributed by atoms with E-state index in [2.05, 4.69) is 11.0 Å². The molecule has 150 valence electrons. The summed E-state index contributed by atoms with van der Waals surface area (Å²) in [6.45, 7) is 6.50. The molecular formula is C19H30N3O4S+. The first-order chi connectivity index (χ1) is 12.9. The fourth-order valence-corrected chi connectivity index (χ4v) is 5.77. The highest BCUT2D eigenvalue weighted by Crippen LogP contribution is 2.21. The normalized spacial score (nSPS) is 22.6. The first kappa shape index (κ1) is 19.9. The monoisotopic (exact) mass is 396 g/mol. The maximum Gasteiger partial charge on any atom is 0.278 e. The average molecular weight is 397 g/mol. The number of benzene rings is 1. The van der Waals surface area contributed by atoms with Crippen LogP contribution in [-0.2, 0) is 14.6 Å². The first-order valence-electron chi connectivity index (χ1n) is 9.64. The van der Waals surface area contributed by atoms with Gasteiger partial charge in [-0.3, -0.25) is 4.79 Å². The zero-order valence-corrected chi connectivity index (χ0v) is 17.0. The van der Waals surface area contributed by atoms with Crippen LogP contribution in [0.5, 0.6) is 5.75 Å². The summed E-state index contributed by atoms with van der Waals surface area (Å²) in [6, 6.07) is 7.90. The number of anilines is 1. The van der Waals surface area contributed by atoms with E-state index in [0.717, 1.165) is 37.6 Å². The van der Waals surface area contributed by atoms with Crippen molar-refractivity contribution in [3.8, 4) is 5.75 Å². The molecule has 27 heavy (non-hydrogen) atoms. The molecule has 0 spiro atoms. The Kier molecular flexibility index (Phi) is 6.26. The van der Waals surface area contributed by atoms with Crippen LogP contribution in [0.15, 0.2) is 24.3 Å². The fraction of sp³-hybridized carbons (Fsp3) is 0.632. The van der Waals surface area contributed by atoms with Gasteiger partial charge in [0.15, 0.2) is 16.4 Å². The highest BCUT2D eigenvalue weighted by atomic mass is 32.2. The van der Waals surface area contributed by atoms with Crippen LogP contribution in [0.3, 0.4) is 0 Å². The summed E-state index contributed by atoms with van der Waals surface area (Å²) in [4.78, 5) is 18.1. The summed E-state index contributed by atoms with van der Waals surface area (Å²) in [5.41, 5.74) is 1.14. The Morgan fingerprint density at radius 2 is 2.07 bits per heavy atom. The number of hydrogen-bond acceptors (Lipinski definition) is 5. The van der Waals surface area contributed by atoms with Gasteiger partial charge < -0.3 is 19.4 Å². The number of rotatable bonds is 6. The number of ether oxygens (including phenoxy) is 1. The molecular weight excluding hydrogens is 366 g/mol. The number of methoxy groups -OCH3 is 1.